The third-order valence-electron chi connectivity index (χ3n) is 2.93. The second-order valence-corrected chi connectivity index (χ2v) is 4.81. The smallest absolute Gasteiger partial charge is 0.226 e. The Hall–Kier alpha value is -2.01. The summed E-state index contributed by atoms with van der Waals surface area (Å²) in [5.41, 5.74) is 7.02. The van der Waals surface area contributed by atoms with E-state index >= 15 is 0 Å². The molecule has 5 nitrogen and oxygen atoms in total. The highest BCUT2D eigenvalue weighted by atomic mass is 35.5. The lowest BCUT2D eigenvalue weighted by atomic mass is 9.96. The van der Waals surface area contributed by atoms with Crippen molar-refractivity contribution in [2.45, 2.75) is 19.3 Å². The number of halogens is 1. The standard InChI is InChI=1S/C14H16ClN3O2/c1-2-20-13-8-12(17-18-13)11(14(16)19)7-9-3-5-10(15)6-4-9/h3-6,8,11H,2,7H2,1H3,(H2,16,19)(H,17,18). The van der Waals surface area contributed by atoms with Crippen LogP contribution in [-0.4, -0.2) is 22.7 Å². The first-order chi connectivity index (χ1) is 9.60. The van der Waals surface area contributed by atoms with Gasteiger partial charge in [-0.2, -0.15) is 5.10 Å². The number of nitrogens with two attached hydrogens (primary N) is 1. The van der Waals surface area contributed by atoms with Gasteiger partial charge < -0.3 is 10.5 Å². The molecule has 2 aromatic rings. The summed E-state index contributed by atoms with van der Waals surface area (Å²) >= 11 is 5.84. The van der Waals surface area contributed by atoms with Crippen LogP contribution in [-0.2, 0) is 11.2 Å². The van der Waals surface area contributed by atoms with Crippen molar-refractivity contribution >= 4 is 17.5 Å². The molecule has 3 N–H and O–H groups in total. The fourth-order valence-electron chi connectivity index (χ4n) is 1.93. The molecule has 0 aliphatic carbocycles. The number of hydrogen-bond donors (Lipinski definition) is 2. The first kappa shape index (κ1) is 14.4. The zero-order valence-electron chi connectivity index (χ0n) is 11.1. The van der Waals surface area contributed by atoms with Crippen LogP contribution < -0.4 is 10.5 Å². The molecule has 0 spiro atoms. The highest BCUT2D eigenvalue weighted by molar-refractivity contribution is 6.30. The van der Waals surface area contributed by atoms with Crippen molar-refractivity contribution in [3.05, 3.63) is 46.6 Å². The van der Waals surface area contributed by atoms with Crippen LogP contribution >= 0.6 is 11.6 Å². The summed E-state index contributed by atoms with van der Waals surface area (Å²) in [6.45, 7) is 2.40. The number of carbonyl (C=O) groups excluding carboxylic acids is 1. The molecular weight excluding hydrogens is 278 g/mol. The fourth-order valence-corrected chi connectivity index (χ4v) is 2.06. The first-order valence-corrected chi connectivity index (χ1v) is 6.69. The minimum atomic E-state index is -0.498. The van der Waals surface area contributed by atoms with Crippen LogP contribution in [0.25, 0.3) is 0 Å². The lowest BCUT2D eigenvalue weighted by molar-refractivity contribution is -0.119. The third-order valence-corrected chi connectivity index (χ3v) is 3.18. The van der Waals surface area contributed by atoms with Crippen LogP contribution in [0.15, 0.2) is 30.3 Å². The molecule has 1 aromatic carbocycles. The summed E-state index contributed by atoms with van der Waals surface area (Å²) in [5, 5.41) is 7.48. The molecule has 1 aromatic heterocycles. The van der Waals surface area contributed by atoms with Crippen LogP contribution in [0.2, 0.25) is 5.02 Å². The molecule has 1 amide bonds. The number of aromatic nitrogens is 2. The molecule has 2 rings (SSSR count). The Bertz CT molecular complexity index is 580. The van der Waals surface area contributed by atoms with Gasteiger partial charge in [-0.25, -0.2) is 5.10 Å². The molecule has 0 bridgehead atoms. The number of carbonyl (C=O) groups is 1. The Morgan fingerprint density at radius 2 is 2.15 bits per heavy atom. The van der Waals surface area contributed by atoms with Gasteiger partial charge in [0.05, 0.1) is 18.2 Å². The number of aromatic amines is 1. The lowest BCUT2D eigenvalue weighted by Gasteiger charge is -2.10. The average Bonchev–Trinajstić information content (AvgIpc) is 2.86. The first-order valence-electron chi connectivity index (χ1n) is 6.32. The Balaban J connectivity index is 2.17. The second-order valence-electron chi connectivity index (χ2n) is 4.38. The lowest BCUT2D eigenvalue weighted by Crippen LogP contribution is -2.23. The van der Waals surface area contributed by atoms with Crippen LogP contribution in [0.3, 0.4) is 0 Å². The van der Waals surface area contributed by atoms with Gasteiger partial charge in [0.25, 0.3) is 0 Å². The van der Waals surface area contributed by atoms with Crippen molar-refractivity contribution in [1.29, 1.82) is 0 Å². The highest BCUT2D eigenvalue weighted by Gasteiger charge is 2.21. The van der Waals surface area contributed by atoms with E-state index in [1.54, 1.807) is 18.2 Å². The maximum Gasteiger partial charge on any atom is 0.226 e. The van der Waals surface area contributed by atoms with Crippen molar-refractivity contribution < 1.29 is 9.53 Å². The number of rotatable bonds is 6. The van der Waals surface area contributed by atoms with Gasteiger partial charge in [0.1, 0.15) is 0 Å². The number of ether oxygens (including phenoxy) is 1. The van der Waals surface area contributed by atoms with Gasteiger partial charge in [0.15, 0.2) is 0 Å². The molecule has 1 atom stereocenters. The topological polar surface area (TPSA) is 81.0 Å². The van der Waals surface area contributed by atoms with Crippen LogP contribution in [0, 0.1) is 0 Å². The largest absolute Gasteiger partial charge is 0.478 e. The van der Waals surface area contributed by atoms with E-state index in [-0.39, 0.29) is 0 Å². The molecule has 20 heavy (non-hydrogen) atoms. The van der Waals surface area contributed by atoms with Gasteiger partial charge in [0.2, 0.25) is 11.8 Å². The van der Waals surface area contributed by atoms with Crippen molar-refractivity contribution in [1.82, 2.24) is 10.2 Å². The Morgan fingerprint density at radius 3 is 2.75 bits per heavy atom. The molecular formula is C14H16ClN3O2. The summed E-state index contributed by atoms with van der Waals surface area (Å²) in [5.74, 6) is -0.388. The van der Waals surface area contributed by atoms with Crippen LogP contribution in [0.5, 0.6) is 5.88 Å². The fraction of sp³-hybridized carbons (Fsp3) is 0.286. The van der Waals surface area contributed by atoms with Crippen molar-refractivity contribution in [2.75, 3.05) is 6.61 Å². The summed E-state index contributed by atoms with van der Waals surface area (Å²) in [6.07, 6.45) is 0.475. The van der Waals surface area contributed by atoms with Crippen molar-refractivity contribution in [3.63, 3.8) is 0 Å². The average molecular weight is 294 g/mol. The Morgan fingerprint density at radius 1 is 1.45 bits per heavy atom. The Labute approximate surface area is 122 Å². The van der Waals surface area contributed by atoms with Crippen molar-refractivity contribution in [3.8, 4) is 5.88 Å². The van der Waals surface area contributed by atoms with Crippen molar-refractivity contribution in [2.24, 2.45) is 5.73 Å². The van der Waals surface area contributed by atoms with E-state index in [4.69, 9.17) is 22.1 Å². The molecule has 0 saturated heterocycles. The van der Waals surface area contributed by atoms with Gasteiger partial charge in [-0.3, -0.25) is 4.79 Å². The molecule has 106 valence electrons. The van der Waals surface area contributed by atoms with E-state index in [0.717, 1.165) is 5.56 Å². The molecule has 0 saturated carbocycles. The number of nitrogens with zero attached hydrogens (tertiary/aromatic N) is 1. The monoisotopic (exact) mass is 293 g/mol. The van der Waals surface area contributed by atoms with Crippen LogP contribution in [0.1, 0.15) is 24.1 Å². The maximum absolute atomic E-state index is 11.6. The van der Waals surface area contributed by atoms with Crippen LogP contribution in [0.4, 0.5) is 0 Å². The number of H-pyrrole nitrogens is 1. The van der Waals surface area contributed by atoms with E-state index in [1.165, 1.54) is 0 Å². The summed E-state index contributed by atoms with van der Waals surface area (Å²) in [4.78, 5) is 11.6. The third kappa shape index (κ3) is 3.51. The number of nitrogens with one attached hydrogen (secondary N) is 1. The van der Waals surface area contributed by atoms with Gasteiger partial charge in [-0.1, -0.05) is 23.7 Å². The van der Waals surface area contributed by atoms with E-state index in [2.05, 4.69) is 10.2 Å². The SMILES string of the molecule is CCOc1cc(C(Cc2ccc(Cl)cc2)C(N)=O)n[nH]1. The number of primary amides is 1. The predicted molar refractivity (Wildman–Crippen MR) is 76.8 cm³/mol. The van der Waals surface area contributed by atoms with Gasteiger partial charge in [0, 0.05) is 11.1 Å². The predicted octanol–water partition coefficient (Wildman–Crippen LogP) is 2.27. The minimum absolute atomic E-state index is 0.422. The van der Waals surface area contributed by atoms with E-state index in [1.807, 2.05) is 19.1 Å². The second kappa shape index (κ2) is 6.43. The molecule has 0 radical (unpaired) electrons. The summed E-state index contributed by atoms with van der Waals surface area (Å²) < 4.78 is 5.29. The Kier molecular flexibility index (Phi) is 4.63. The number of hydrogen-bond acceptors (Lipinski definition) is 3. The molecule has 6 heteroatoms. The molecule has 0 aliphatic rings. The number of amides is 1. The minimum Gasteiger partial charge on any atom is -0.478 e. The quantitative estimate of drug-likeness (QED) is 0.857. The van der Waals surface area contributed by atoms with Gasteiger partial charge in [-0.15, -0.1) is 0 Å². The molecule has 0 aliphatic heterocycles. The van der Waals surface area contributed by atoms with E-state index in [0.29, 0.717) is 29.6 Å². The molecule has 1 heterocycles. The number of benzene rings is 1. The van der Waals surface area contributed by atoms with E-state index in [9.17, 15) is 4.79 Å². The van der Waals surface area contributed by atoms with E-state index < -0.39 is 11.8 Å². The normalized spacial score (nSPS) is 12.1. The zero-order chi connectivity index (χ0) is 14.5. The van der Waals surface area contributed by atoms with Gasteiger partial charge >= 0.3 is 0 Å². The summed E-state index contributed by atoms with van der Waals surface area (Å²) in [6, 6.07) is 9.01. The highest BCUT2D eigenvalue weighted by Crippen LogP contribution is 2.23. The zero-order valence-corrected chi connectivity index (χ0v) is 11.9. The molecule has 1 unspecified atom stereocenters. The molecule has 0 fully saturated rings. The maximum atomic E-state index is 11.6. The van der Waals surface area contributed by atoms with Gasteiger partial charge in [-0.05, 0) is 31.0 Å². The summed E-state index contributed by atoms with van der Waals surface area (Å²) in [7, 11) is 0.